The van der Waals surface area contributed by atoms with Crippen LogP contribution >= 0.6 is 11.8 Å². The second-order valence-corrected chi connectivity index (χ2v) is 8.10. The average Bonchev–Trinajstić information content (AvgIpc) is 2.75. The predicted octanol–water partition coefficient (Wildman–Crippen LogP) is 5.65. The van der Waals surface area contributed by atoms with Gasteiger partial charge in [-0.25, -0.2) is 0 Å². The molecule has 2 nitrogen and oxygen atoms in total. The number of aryl methyl sites for hydroxylation is 1. The lowest BCUT2D eigenvalue weighted by molar-refractivity contribution is -0.119. The summed E-state index contributed by atoms with van der Waals surface area (Å²) in [4.78, 5) is 12.5. The van der Waals surface area contributed by atoms with Crippen LogP contribution in [-0.2, 0) is 11.2 Å². The van der Waals surface area contributed by atoms with Crippen molar-refractivity contribution in [3.63, 3.8) is 0 Å². The SMILES string of the molecule is CC(CCc1ccccc1)NC(=O)CSC(c1ccccc1)c1ccccc1. The molecule has 3 aromatic rings. The van der Waals surface area contributed by atoms with Crippen molar-refractivity contribution in [2.75, 3.05) is 5.75 Å². The molecular formula is C25H27NOS. The summed E-state index contributed by atoms with van der Waals surface area (Å²) in [5, 5.41) is 3.31. The Labute approximate surface area is 172 Å². The third kappa shape index (κ3) is 6.28. The van der Waals surface area contributed by atoms with E-state index in [9.17, 15) is 4.79 Å². The quantitative estimate of drug-likeness (QED) is 0.513. The van der Waals surface area contributed by atoms with Crippen molar-refractivity contribution < 1.29 is 4.79 Å². The molecule has 0 radical (unpaired) electrons. The van der Waals surface area contributed by atoms with E-state index < -0.39 is 0 Å². The molecule has 1 N–H and O–H groups in total. The highest BCUT2D eigenvalue weighted by molar-refractivity contribution is 8.00. The fraction of sp³-hybridized carbons (Fsp3) is 0.240. The molecule has 3 rings (SSSR count). The molecule has 0 bridgehead atoms. The molecule has 3 heteroatoms. The van der Waals surface area contributed by atoms with Gasteiger partial charge in [-0.05, 0) is 36.5 Å². The molecule has 3 aromatic carbocycles. The second-order valence-electron chi connectivity index (χ2n) is 7.01. The topological polar surface area (TPSA) is 29.1 Å². The Kier molecular flexibility index (Phi) is 7.74. The highest BCUT2D eigenvalue weighted by Crippen LogP contribution is 2.35. The summed E-state index contributed by atoms with van der Waals surface area (Å²) in [5.41, 5.74) is 3.76. The highest BCUT2D eigenvalue weighted by Gasteiger charge is 2.17. The Hall–Kier alpha value is -2.52. The molecule has 0 saturated heterocycles. The van der Waals surface area contributed by atoms with E-state index in [1.165, 1.54) is 16.7 Å². The molecule has 0 heterocycles. The number of nitrogens with one attached hydrogen (secondary N) is 1. The van der Waals surface area contributed by atoms with Crippen molar-refractivity contribution in [3.8, 4) is 0 Å². The highest BCUT2D eigenvalue weighted by atomic mass is 32.2. The van der Waals surface area contributed by atoms with E-state index in [1.54, 1.807) is 11.8 Å². The van der Waals surface area contributed by atoms with E-state index >= 15 is 0 Å². The lowest BCUT2D eigenvalue weighted by Gasteiger charge is -2.19. The molecule has 0 aliphatic heterocycles. The van der Waals surface area contributed by atoms with Gasteiger partial charge in [0.2, 0.25) is 5.91 Å². The minimum atomic E-state index is 0.0995. The number of benzene rings is 3. The minimum Gasteiger partial charge on any atom is -0.353 e. The van der Waals surface area contributed by atoms with Crippen molar-refractivity contribution in [1.29, 1.82) is 0 Å². The molecule has 0 aliphatic rings. The van der Waals surface area contributed by atoms with Gasteiger partial charge in [0.1, 0.15) is 0 Å². The zero-order chi connectivity index (χ0) is 19.6. The number of amides is 1. The first kappa shape index (κ1) is 20.2. The van der Waals surface area contributed by atoms with Gasteiger partial charge in [0.15, 0.2) is 0 Å². The Morgan fingerprint density at radius 3 is 1.86 bits per heavy atom. The van der Waals surface area contributed by atoms with Crippen LogP contribution in [0.25, 0.3) is 0 Å². The molecule has 28 heavy (non-hydrogen) atoms. The summed E-state index contributed by atoms with van der Waals surface area (Å²) >= 11 is 1.68. The monoisotopic (exact) mass is 389 g/mol. The van der Waals surface area contributed by atoms with E-state index in [-0.39, 0.29) is 17.2 Å². The third-order valence-corrected chi connectivity index (χ3v) is 6.01. The third-order valence-electron chi connectivity index (χ3n) is 4.70. The van der Waals surface area contributed by atoms with Crippen molar-refractivity contribution in [1.82, 2.24) is 5.32 Å². The standard InChI is InChI=1S/C25H27NOS/c1-20(17-18-21-11-5-2-6-12-21)26-24(27)19-28-25(22-13-7-3-8-14-22)23-15-9-4-10-16-23/h2-16,20,25H,17-19H2,1H3,(H,26,27). The van der Waals surface area contributed by atoms with E-state index in [1.807, 2.05) is 18.2 Å². The molecule has 1 unspecified atom stereocenters. The molecule has 144 valence electrons. The molecule has 0 aliphatic carbocycles. The van der Waals surface area contributed by atoms with Crippen LogP contribution in [0.15, 0.2) is 91.0 Å². The molecule has 0 aromatic heterocycles. The zero-order valence-corrected chi connectivity index (χ0v) is 17.1. The normalized spacial score (nSPS) is 11.9. The first-order valence-electron chi connectivity index (χ1n) is 9.77. The van der Waals surface area contributed by atoms with E-state index in [0.717, 1.165) is 12.8 Å². The number of rotatable bonds is 9. The van der Waals surface area contributed by atoms with Gasteiger partial charge in [-0.15, -0.1) is 11.8 Å². The van der Waals surface area contributed by atoms with Crippen molar-refractivity contribution in [2.24, 2.45) is 0 Å². The average molecular weight is 390 g/mol. The van der Waals surface area contributed by atoms with Gasteiger partial charge >= 0.3 is 0 Å². The van der Waals surface area contributed by atoms with Crippen LogP contribution in [0.3, 0.4) is 0 Å². The van der Waals surface area contributed by atoms with Gasteiger partial charge in [-0.2, -0.15) is 0 Å². The van der Waals surface area contributed by atoms with Crippen molar-refractivity contribution >= 4 is 17.7 Å². The summed E-state index contributed by atoms with van der Waals surface area (Å²) in [5.74, 6) is 0.548. The zero-order valence-electron chi connectivity index (χ0n) is 16.3. The van der Waals surface area contributed by atoms with Crippen LogP contribution in [0.4, 0.5) is 0 Å². The van der Waals surface area contributed by atoms with Crippen molar-refractivity contribution in [2.45, 2.75) is 31.1 Å². The largest absolute Gasteiger partial charge is 0.353 e. The fourth-order valence-corrected chi connectivity index (χ4v) is 4.32. The lowest BCUT2D eigenvalue weighted by atomic mass is 10.0. The number of hydrogen-bond donors (Lipinski definition) is 1. The Bertz CT molecular complexity index is 797. The summed E-state index contributed by atoms with van der Waals surface area (Å²) in [7, 11) is 0. The molecular weight excluding hydrogens is 362 g/mol. The van der Waals surface area contributed by atoms with E-state index in [2.05, 4.69) is 85.0 Å². The first-order valence-corrected chi connectivity index (χ1v) is 10.8. The summed E-state index contributed by atoms with van der Waals surface area (Å²) in [6.45, 7) is 2.08. The van der Waals surface area contributed by atoms with Crippen LogP contribution in [0.1, 0.15) is 35.3 Å². The van der Waals surface area contributed by atoms with Gasteiger partial charge in [0.05, 0.1) is 11.0 Å². The lowest BCUT2D eigenvalue weighted by Crippen LogP contribution is -2.34. The molecule has 0 fully saturated rings. The smallest absolute Gasteiger partial charge is 0.230 e. The fourth-order valence-electron chi connectivity index (χ4n) is 3.22. The number of carbonyl (C=O) groups excluding carboxylic acids is 1. The van der Waals surface area contributed by atoms with Crippen LogP contribution in [0.5, 0.6) is 0 Å². The van der Waals surface area contributed by atoms with Crippen LogP contribution in [-0.4, -0.2) is 17.7 Å². The maximum atomic E-state index is 12.5. The van der Waals surface area contributed by atoms with Gasteiger partial charge in [0, 0.05) is 6.04 Å². The molecule has 0 spiro atoms. The van der Waals surface area contributed by atoms with Crippen LogP contribution in [0.2, 0.25) is 0 Å². The number of thioether (sulfide) groups is 1. The van der Waals surface area contributed by atoms with E-state index in [4.69, 9.17) is 0 Å². The summed E-state index contributed by atoms with van der Waals surface area (Å²) in [6, 6.07) is 31.4. The van der Waals surface area contributed by atoms with Gasteiger partial charge < -0.3 is 5.32 Å². The van der Waals surface area contributed by atoms with Crippen LogP contribution in [0, 0.1) is 0 Å². The molecule has 1 atom stereocenters. The molecule has 0 saturated carbocycles. The Morgan fingerprint density at radius 1 is 0.821 bits per heavy atom. The maximum absolute atomic E-state index is 12.5. The molecule has 1 amide bonds. The van der Waals surface area contributed by atoms with Gasteiger partial charge in [0.25, 0.3) is 0 Å². The van der Waals surface area contributed by atoms with E-state index in [0.29, 0.717) is 5.75 Å². The Balaban J connectivity index is 1.53. The summed E-state index contributed by atoms with van der Waals surface area (Å²) in [6.07, 6.45) is 1.92. The van der Waals surface area contributed by atoms with Crippen LogP contribution < -0.4 is 5.32 Å². The number of carbonyl (C=O) groups is 1. The predicted molar refractivity (Wildman–Crippen MR) is 120 cm³/mol. The Morgan fingerprint density at radius 2 is 1.32 bits per heavy atom. The van der Waals surface area contributed by atoms with Gasteiger partial charge in [-0.1, -0.05) is 91.0 Å². The first-order chi connectivity index (χ1) is 13.7. The van der Waals surface area contributed by atoms with Crippen molar-refractivity contribution in [3.05, 3.63) is 108 Å². The summed E-state index contributed by atoms with van der Waals surface area (Å²) < 4.78 is 0. The maximum Gasteiger partial charge on any atom is 0.230 e. The number of hydrogen-bond acceptors (Lipinski definition) is 2. The second kappa shape index (κ2) is 10.7. The minimum absolute atomic E-state index is 0.0995. The van der Waals surface area contributed by atoms with Gasteiger partial charge in [-0.3, -0.25) is 4.79 Å².